The highest BCUT2D eigenvalue weighted by Crippen LogP contribution is 2.55. The van der Waals surface area contributed by atoms with Gasteiger partial charge in [-0.05, 0) is 244 Å². The van der Waals surface area contributed by atoms with Crippen LogP contribution in [0.1, 0.15) is 91.5 Å². The van der Waals surface area contributed by atoms with Crippen molar-refractivity contribution in [3.63, 3.8) is 0 Å². The number of benzene rings is 18. The van der Waals surface area contributed by atoms with Crippen molar-refractivity contribution < 1.29 is 0 Å². The van der Waals surface area contributed by atoms with Gasteiger partial charge in [-0.1, -0.05) is 410 Å². The molecule has 0 aliphatic heterocycles. The van der Waals surface area contributed by atoms with Gasteiger partial charge in [0.15, 0.2) is 0 Å². The predicted octanol–water partition coefficient (Wildman–Crippen LogP) is 30.6. The second kappa shape index (κ2) is 26.5. The SMILES string of the molecule is CC1(C)c2ccccc2-c2ccc(-c3cc([Si](C)(C)C(C)(C)C)c4ccc5c(-c6ccc7c(c6)C(C)(C)c6ccccc6-7)cc([Si](C)(C)C(C)(C)C)c6ccc3c4c56)cc21.C[Si](C)(C)c1cc(-c2ccc3cc(-c4ccccc4)ccc3c2)c2ccc3c([Si](C)(C)C)cc(-c4ccc5cc(-c6ccccc6)ccc5c4)c4ccc1c2c43. The average molecular weight is 1570 g/mol. The fourth-order valence-corrected chi connectivity index (χ4v) is 27.8. The molecular weight excluding hydrogens is 1460 g/mol. The highest BCUT2D eigenvalue weighted by atomic mass is 28.3. The van der Waals surface area contributed by atoms with E-state index < -0.39 is 32.3 Å². The lowest BCUT2D eigenvalue weighted by molar-refractivity contribution is 0.660. The zero-order valence-electron chi connectivity index (χ0n) is 71.7. The van der Waals surface area contributed by atoms with Crippen molar-refractivity contribution in [3.05, 3.63) is 313 Å². The van der Waals surface area contributed by atoms with Crippen molar-refractivity contribution in [2.24, 2.45) is 0 Å². The van der Waals surface area contributed by atoms with Gasteiger partial charge in [-0.15, -0.1) is 0 Å². The molecule has 0 saturated heterocycles. The van der Waals surface area contributed by atoms with Gasteiger partial charge in [0.25, 0.3) is 0 Å². The maximum Gasteiger partial charge on any atom is 0.0867 e. The quantitative estimate of drug-likeness (QED) is 0.0946. The monoisotopic (exact) mass is 1560 g/mol. The van der Waals surface area contributed by atoms with E-state index in [4.69, 9.17) is 0 Å². The van der Waals surface area contributed by atoms with E-state index in [9.17, 15) is 0 Å². The Balaban J connectivity index is 0.000000155. The van der Waals surface area contributed by atoms with E-state index in [2.05, 4.69) is 426 Å². The highest BCUT2D eigenvalue weighted by Gasteiger charge is 2.43. The Bertz CT molecular complexity index is 6650. The summed E-state index contributed by atoms with van der Waals surface area (Å²) in [7, 11) is -7.63. The molecule has 18 aromatic rings. The first-order chi connectivity index (χ1) is 55.1. The zero-order chi connectivity index (χ0) is 81.0. The molecule has 0 atom stereocenters. The molecular formula is C112H108Si4. The maximum atomic E-state index is 2.64. The Morgan fingerprint density at radius 1 is 0.198 bits per heavy atom. The van der Waals surface area contributed by atoms with E-state index in [0.29, 0.717) is 0 Å². The predicted molar refractivity (Wildman–Crippen MR) is 523 cm³/mol. The molecule has 2 aliphatic carbocycles. The molecule has 0 unspecified atom stereocenters. The molecule has 20 rings (SSSR count). The summed E-state index contributed by atoms with van der Waals surface area (Å²) in [6.45, 7) is 50.0. The fraction of sp³-hybridized carbons (Fsp3) is 0.214. The summed E-state index contributed by atoms with van der Waals surface area (Å²) < 4.78 is 0. The molecule has 0 bridgehead atoms. The molecule has 0 amide bonds. The number of hydrogen-bond acceptors (Lipinski definition) is 0. The topological polar surface area (TPSA) is 0 Å². The second-order valence-electron chi connectivity index (χ2n) is 40.4. The summed E-state index contributed by atoms with van der Waals surface area (Å²) in [6, 6.07) is 113. The largest absolute Gasteiger partial charge is 0.0867 e. The van der Waals surface area contributed by atoms with E-state index in [1.165, 1.54) is 208 Å². The average Bonchev–Trinajstić information content (AvgIpc) is 0.842. The molecule has 0 N–H and O–H groups in total. The number of hydrogen-bond donors (Lipinski definition) is 0. The molecule has 0 radical (unpaired) electrons. The zero-order valence-corrected chi connectivity index (χ0v) is 75.7. The molecule has 2 aliphatic rings. The van der Waals surface area contributed by atoms with Gasteiger partial charge in [0.2, 0.25) is 0 Å². The first kappa shape index (κ1) is 75.5. The molecule has 0 fully saturated rings. The van der Waals surface area contributed by atoms with E-state index in [-0.39, 0.29) is 20.9 Å². The summed E-state index contributed by atoms with van der Waals surface area (Å²) in [5.41, 5.74) is 26.8. The maximum absolute atomic E-state index is 2.64. The van der Waals surface area contributed by atoms with Crippen LogP contribution in [0.2, 0.25) is 75.5 Å². The van der Waals surface area contributed by atoms with Crippen molar-refractivity contribution >= 4 is 139 Å². The Kier molecular flexibility index (Phi) is 17.2. The highest BCUT2D eigenvalue weighted by molar-refractivity contribution is 6.95. The molecule has 0 spiro atoms. The van der Waals surface area contributed by atoms with E-state index in [1.807, 2.05) is 0 Å². The normalized spacial score (nSPS) is 14.2. The van der Waals surface area contributed by atoms with E-state index >= 15 is 0 Å². The molecule has 0 saturated carbocycles. The van der Waals surface area contributed by atoms with Crippen molar-refractivity contribution in [2.45, 2.75) is 156 Å². The minimum atomic E-state index is -2.05. The third-order valence-electron chi connectivity index (χ3n) is 28.8. The molecule has 0 nitrogen and oxygen atoms in total. The van der Waals surface area contributed by atoms with Crippen LogP contribution in [0.3, 0.4) is 0 Å². The third-order valence-corrected chi connectivity index (χ3v) is 43.9. The van der Waals surface area contributed by atoms with Crippen LogP contribution < -0.4 is 20.7 Å². The van der Waals surface area contributed by atoms with Gasteiger partial charge < -0.3 is 0 Å². The van der Waals surface area contributed by atoms with Gasteiger partial charge in [-0.3, -0.25) is 0 Å². The van der Waals surface area contributed by atoms with Crippen molar-refractivity contribution in [2.75, 3.05) is 0 Å². The minimum Gasteiger partial charge on any atom is -0.0656 e. The molecule has 116 heavy (non-hydrogen) atoms. The van der Waals surface area contributed by atoms with E-state index in [0.717, 1.165) is 0 Å². The first-order valence-corrected chi connectivity index (χ1v) is 55.4. The molecule has 4 heteroatoms. The van der Waals surface area contributed by atoms with Crippen LogP contribution in [0.5, 0.6) is 0 Å². The van der Waals surface area contributed by atoms with Crippen LogP contribution in [-0.2, 0) is 10.8 Å². The van der Waals surface area contributed by atoms with Gasteiger partial charge in [0.1, 0.15) is 0 Å². The van der Waals surface area contributed by atoms with Crippen LogP contribution >= 0.6 is 0 Å². The summed E-state index contributed by atoms with van der Waals surface area (Å²) in [5.74, 6) is 0. The molecule has 18 aromatic carbocycles. The Morgan fingerprint density at radius 2 is 0.448 bits per heavy atom. The van der Waals surface area contributed by atoms with Gasteiger partial charge in [-0.2, -0.15) is 0 Å². The van der Waals surface area contributed by atoms with Crippen molar-refractivity contribution in [3.8, 4) is 89.0 Å². The lowest BCUT2D eigenvalue weighted by Gasteiger charge is -2.40. The lowest BCUT2D eigenvalue weighted by atomic mass is 9.80. The summed E-state index contributed by atoms with van der Waals surface area (Å²) in [5, 5.41) is 28.7. The standard InChI is InChI=1S/C58H62Si2.C54H46Si2/c1-55(2,3)59(11,12)51-33-45(35-23-25-39-37-19-15-17-21-47(37)57(7,8)49(39)31-35)41-28-30-44-52(60(13,14)56(4,5)6)34-46(42-27-29-43(51)53(41)54(42)44)36-24-26-40-38-20-16-18-22-48(38)58(9,10)50(40)32-36;1-55(2,3)51-33-49(43-23-21-39-29-37(17-19-41(39)31-43)35-13-9-7-10-14-35)45-26-28-48-52(56(4,5)6)34-50(46-25-27-47(51)53(45)54(46)48)44-24-22-40-30-38(18-20-42(40)32-44)36-15-11-8-12-16-36/h15-34H,1-14H3;7-34H,1-6H3. The number of rotatable bonds is 10. The van der Waals surface area contributed by atoms with Gasteiger partial charge in [0, 0.05) is 10.8 Å². The van der Waals surface area contributed by atoms with Crippen molar-refractivity contribution in [1.82, 2.24) is 0 Å². The first-order valence-electron chi connectivity index (χ1n) is 42.4. The molecule has 0 aromatic heterocycles. The third kappa shape index (κ3) is 11.8. The van der Waals surface area contributed by atoms with Gasteiger partial charge in [-0.25, -0.2) is 0 Å². The number of fused-ring (bicyclic) bond motifs is 8. The second-order valence-corrected chi connectivity index (χ2v) is 61.1. The van der Waals surface area contributed by atoms with Crippen LogP contribution in [0.15, 0.2) is 291 Å². The Hall–Kier alpha value is -10.6. The minimum absolute atomic E-state index is 0.0628. The molecule has 572 valence electrons. The summed E-state index contributed by atoms with van der Waals surface area (Å²) >= 11 is 0. The smallest absolute Gasteiger partial charge is 0.0656 e. The van der Waals surface area contributed by atoms with Gasteiger partial charge in [0.05, 0.1) is 32.3 Å². The van der Waals surface area contributed by atoms with Crippen LogP contribution in [0.25, 0.3) is 175 Å². The summed E-state index contributed by atoms with van der Waals surface area (Å²) in [6.07, 6.45) is 0. The molecule has 0 heterocycles. The van der Waals surface area contributed by atoms with Crippen molar-refractivity contribution in [1.29, 1.82) is 0 Å². The van der Waals surface area contributed by atoms with Crippen LogP contribution in [0, 0.1) is 0 Å². The van der Waals surface area contributed by atoms with Crippen LogP contribution in [-0.4, -0.2) is 32.3 Å². The Labute approximate surface area is 692 Å². The Morgan fingerprint density at radius 3 is 0.767 bits per heavy atom. The lowest BCUT2D eigenvalue weighted by Crippen LogP contribution is -2.50. The van der Waals surface area contributed by atoms with E-state index in [1.54, 1.807) is 10.4 Å². The summed E-state index contributed by atoms with van der Waals surface area (Å²) in [4.78, 5) is 0. The van der Waals surface area contributed by atoms with Gasteiger partial charge >= 0.3 is 0 Å². The fourth-order valence-electron chi connectivity index (χ4n) is 20.2. The van der Waals surface area contributed by atoms with Crippen LogP contribution in [0.4, 0.5) is 0 Å².